The average Bonchev–Trinajstić information content (AvgIpc) is 2.01. The average molecular weight is 369 g/mol. The van der Waals surface area contributed by atoms with Crippen LogP contribution in [0.2, 0.25) is 0 Å². The fourth-order valence-electron chi connectivity index (χ4n) is 1.14. The van der Waals surface area contributed by atoms with Gasteiger partial charge in [0.15, 0.2) is 5.78 Å². The van der Waals surface area contributed by atoms with Crippen LogP contribution < -0.4 is 4.74 Å². The van der Waals surface area contributed by atoms with E-state index in [2.05, 4.69) is 38.5 Å². The molecule has 1 rings (SSSR count). The van der Waals surface area contributed by atoms with E-state index in [1.807, 2.05) is 19.1 Å². The van der Waals surface area contributed by atoms with E-state index in [-0.39, 0.29) is 5.78 Å². The second-order valence-corrected chi connectivity index (χ2v) is 4.77. The maximum absolute atomic E-state index is 11.3. The molecule has 0 unspecified atom stereocenters. The van der Waals surface area contributed by atoms with Gasteiger partial charge in [0.1, 0.15) is 5.75 Å². The zero-order valence-corrected chi connectivity index (χ0v) is 11.7. The van der Waals surface area contributed by atoms with Gasteiger partial charge in [-0.2, -0.15) is 0 Å². The Morgan fingerprint density at radius 2 is 2.21 bits per heavy atom. The number of rotatable bonds is 3. The molecule has 0 saturated heterocycles. The third-order valence-corrected chi connectivity index (χ3v) is 3.15. The van der Waals surface area contributed by atoms with Crippen LogP contribution in [0, 0.1) is 3.57 Å². The van der Waals surface area contributed by atoms with Crippen LogP contribution in [0.1, 0.15) is 24.2 Å². The van der Waals surface area contributed by atoms with Crippen molar-refractivity contribution in [1.82, 2.24) is 0 Å². The van der Waals surface area contributed by atoms with Crippen molar-refractivity contribution in [2.24, 2.45) is 0 Å². The Balaban J connectivity index is 3.18. The molecular formula is C10H10BrIO2. The summed E-state index contributed by atoms with van der Waals surface area (Å²) in [6, 6.07) is 3.69. The first-order valence-electron chi connectivity index (χ1n) is 4.19. The lowest BCUT2D eigenvalue weighted by molar-refractivity contribution is 0.101. The molecule has 4 heteroatoms. The van der Waals surface area contributed by atoms with Crippen molar-refractivity contribution >= 4 is 44.3 Å². The zero-order valence-electron chi connectivity index (χ0n) is 7.93. The number of carbonyl (C=O) groups excluding carboxylic acids is 1. The van der Waals surface area contributed by atoms with Crippen LogP contribution in [0.3, 0.4) is 0 Å². The van der Waals surface area contributed by atoms with Gasteiger partial charge in [-0.15, -0.1) is 0 Å². The van der Waals surface area contributed by atoms with E-state index in [1.165, 1.54) is 0 Å². The predicted octanol–water partition coefficient (Wildman–Crippen LogP) is 3.66. The Morgan fingerprint density at radius 3 is 2.64 bits per heavy atom. The van der Waals surface area contributed by atoms with Crippen LogP contribution in [-0.2, 0) is 0 Å². The minimum atomic E-state index is 0.0596. The second-order valence-electron chi connectivity index (χ2n) is 2.75. The molecule has 0 saturated carbocycles. The van der Waals surface area contributed by atoms with Gasteiger partial charge in [0.25, 0.3) is 0 Å². The van der Waals surface area contributed by atoms with Gasteiger partial charge in [-0.25, -0.2) is 0 Å². The maximum Gasteiger partial charge on any atom is 0.162 e. The predicted molar refractivity (Wildman–Crippen MR) is 68.0 cm³/mol. The molecule has 0 aliphatic rings. The third-order valence-electron chi connectivity index (χ3n) is 1.68. The van der Waals surface area contributed by atoms with Gasteiger partial charge in [0.2, 0.25) is 0 Å². The Kier molecular flexibility index (Phi) is 4.37. The first-order valence-corrected chi connectivity index (χ1v) is 6.06. The molecule has 0 N–H and O–H groups in total. The number of ketones is 1. The molecule has 76 valence electrons. The first kappa shape index (κ1) is 12.0. The summed E-state index contributed by atoms with van der Waals surface area (Å²) in [7, 11) is 0. The van der Waals surface area contributed by atoms with Crippen LogP contribution in [0.4, 0.5) is 0 Å². The van der Waals surface area contributed by atoms with Crippen LogP contribution in [0.25, 0.3) is 0 Å². The van der Waals surface area contributed by atoms with E-state index in [1.54, 1.807) is 6.92 Å². The summed E-state index contributed by atoms with van der Waals surface area (Å²) in [5, 5.41) is 0. The van der Waals surface area contributed by atoms with E-state index in [0.717, 1.165) is 13.8 Å². The number of Topliss-reactive ketones (excluding diaryl/α,β-unsaturated/α-hetero) is 1. The van der Waals surface area contributed by atoms with Gasteiger partial charge in [0, 0.05) is 13.6 Å². The molecule has 0 fully saturated rings. The topological polar surface area (TPSA) is 26.3 Å². The van der Waals surface area contributed by atoms with Crippen LogP contribution >= 0.6 is 38.5 Å². The number of benzene rings is 1. The Bertz CT molecular complexity index is 340. The standard InChI is InChI=1S/C10H10BrIO2/c1-3-14-7-4-8(11)10(6(2)13)9(12)5-7/h4-5H,3H2,1-2H3. The first-order chi connectivity index (χ1) is 6.56. The molecule has 0 bridgehead atoms. The van der Waals surface area contributed by atoms with Gasteiger partial charge in [-0.3, -0.25) is 4.79 Å². The highest BCUT2D eigenvalue weighted by Gasteiger charge is 2.11. The summed E-state index contributed by atoms with van der Waals surface area (Å²) in [5.74, 6) is 0.845. The van der Waals surface area contributed by atoms with Crippen molar-refractivity contribution < 1.29 is 9.53 Å². The summed E-state index contributed by atoms with van der Waals surface area (Å²) in [5.41, 5.74) is 0.717. The van der Waals surface area contributed by atoms with Crippen molar-refractivity contribution in [3.05, 3.63) is 25.7 Å². The second kappa shape index (κ2) is 5.11. The molecule has 0 aliphatic carbocycles. The van der Waals surface area contributed by atoms with Crippen molar-refractivity contribution in [3.63, 3.8) is 0 Å². The SMILES string of the molecule is CCOc1cc(Br)c(C(C)=O)c(I)c1. The minimum Gasteiger partial charge on any atom is -0.494 e. The lowest BCUT2D eigenvalue weighted by atomic mass is 10.1. The molecule has 0 spiro atoms. The van der Waals surface area contributed by atoms with Gasteiger partial charge >= 0.3 is 0 Å². The summed E-state index contributed by atoms with van der Waals surface area (Å²) >= 11 is 5.50. The highest BCUT2D eigenvalue weighted by Crippen LogP contribution is 2.28. The molecule has 2 nitrogen and oxygen atoms in total. The maximum atomic E-state index is 11.3. The summed E-state index contributed by atoms with van der Waals surface area (Å²) in [4.78, 5) is 11.3. The van der Waals surface area contributed by atoms with Gasteiger partial charge < -0.3 is 4.74 Å². The summed E-state index contributed by atoms with van der Waals surface area (Å²) in [6.07, 6.45) is 0. The molecule has 0 atom stereocenters. The van der Waals surface area contributed by atoms with Crippen LogP contribution in [0.5, 0.6) is 5.75 Å². The molecule has 0 aromatic heterocycles. The van der Waals surface area contributed by atoms with E-state index in [4.69, 9.17) is 4.74 Å². The van der Waals surface area contributed by atoms with E-state index >= 15 is 0 Å². The zero-order chi connectivity index (χ0) is 10.7. The quantitative estimate of drug-likeness (QED) is 0.601. The monoisotopic (exact) mass is 368 g/mol. The Hall–Kier alpha value is -0.100. The van der Waals surface area contributed by atoms with Gasteiger partial charge in [0.05, 0.1) is 6.61 Å². The molecule has 0 aliphatic heterocycles. The van der Waals surface area contributed by atoms with E-state index in [0.29, 0.717) is 12.2 Å². The third kappa shape index (κ3) is 2.70. The number of carbonyl (C=O) groups is 1. The van der Waals surface area contributed by atoms with Crippen molar-refractivity contribution in [2.75, 3.05) is 6.61 Å². The smallest absolute Gasteiger partial charge is 0.162 e. The van der Waals surface area contributed by atoms with Gasteiger partial charge in [-0.1, -0.05) is 0 Å². The minimum absolute atomic E-state index is 0.0596. The molecule has 0 heterocycles. The highest BCUT2D eigenvalue weighted by atomic mass is 127. The lowest BCUT2D eigenvalue weighted by Gasteiger charge is -2.08. The number of hydrogen-bond acceptors (Lipinski definition) is 2. The Morgan fingerprint density at radius 1 is 1.57 bits per heavy atom. The summed E-state index contributed by atoms with van der Waals surface area (Å²) in [6.45, 7) is 4.12. The van der Waals surface area contributed by atoms with Crippen molar-refractivity contribution in [2.45, 2.75) is 13.8 Å². The molecule has 0 radical (unpaired) electrons. The molecule has 0 amide bonds. The molecule has 14 heavy (non-hydrogen) atoms. The van der Waals surface area contributed by atoms with Crippen molar-refractivity contribution in [3.8, 4) is 5.75 Å². The fourth-order valence-corrected chi connectivity index (χ4v) is 3.20. The normalized spacial score (nSPS) is 10.0. The number of hydrogen-bond donors (Lipinski definition) is 0. The lowest BCUT2D eigenvalue weighted by Crippen LogP contribution is -2.00. The largest absolute Gasteiger partial charge is 0.494 e. The molecular weight excluding hydrogens is 359 g/mol. The Labute approximate surface area is 105 Å². The van der Waals surface area contributed by atoms with Gasteiger partial charge in [-0.05, 0) is 64.5 Å². The van der Waals surface area contributed by atoms with Crippen molar-refractivity contribution in [1.29, 1.82) is 0 Å². The summed E-state index contributed by atoms with van der Waals surface area (Å²) < 4.78 is 7.06. The highest BCUT2D eigenvalue weighted by molar-refractivity contribution is 14.1. The fraction of sp³-hybridized carbons (Fsp3) is 0.300. The molecule has 1 aromatic rings. The van der Waals surface area contributed by atoms with Crippen LogP contribution in [0.15, 0.2) is 16.6 Å². The molecule has 1 aromatic carbocycles. The number of halogens is 2. The van der Waals surface area contributed by atoms with E-state index < -0.39 is 0 Å². The van der Waals surface area contributed by atoms with Crippen LogP contribution in [-0.4, -0.2) is 12.4 Å². The van der Waals surface area contributed by atoms with E-state index in [9.17, 15) is 4.79 Å². The number of ether oxygens (including phenoxy) is 1.